The van der Waals surface area contributed by atoms with E-state index in [4.69, 9.17) is 0 Å². The molecule has 0 fully saturated rings. The van der Waals surface area contributed by atoms with E-state index in [1.165, 1.54) is 0 Å². The Balaban J connectivity index is 1.71. The minimum atomic E-state index is -0.214. The molecule has 4 aromatic heterocycles. The van der Waals surface area contributed by atoms with Crippen molar-refractivity contribution in [3.63, 3.8) is 0 Å². The third kappa shape index (κ3) is 2.42. The van der Waals surface area contributed by atoms with Crippen molar-refractivity contribution in [3.05, 3.63) is 77.4 Å². The molecule has 0 aliphatic carbocycles. The number of H-pyrrole nitrogens is 1. The summed E-state index contributed by atoms with van der Waals surface area (Å²) in [5.74, 6) is 0.499. The molecule has 5 rings (SSSR count). The van der Waals surface area contributed by atoms with E-state index in [1.807, 2.05) is 37.3 Å². The first-order valence-electron chi connectivity index (χ1n) is 8.52. The highest BCUT2D eigenvalue weighted by Gasteiger charge is 2.18. The molecule has 0 aliphatic heterocycles. The monoisotopic (exact) mass is 357 g/mol. The van der Waals surface area contributed by atoms with E-state index in [0.717, 1.165) is 16.6 Å². The van der Waals surface area contributed by atoms with Gasteiger partial charge in [-0.25, -0.2) is 19.3 Å². The van der Waals surface area contributed by atoms with E-state index in [2.05, 4.69) is 25.0 Å². The van der Waals surface area contributed by atoms with E-state index in [-0.39, 0.29) is 11.7 Å². The smallest absolute Gasteiger partial charge is 0.303 e. The molecule has 1 N–H and O–H groups in total. The van der Waals surface area contributed by atoms with Crippen molar-refractivity contribution in [1.82, 2.24) is 34.1 Å². The van der Waals surface area contributed by atoms with Gasteiger partial charge >= 0.3 is 5.69 Å². The van der Waals surface area contributed by atoms with Crippen molar-refractivity contribution in [2.45, 2.75) is 13.0 Å². The second kappa shape index (κ2) is 5.87. The van der Waals surface area contributed by atoms with Gasteiger partial charge in [0, 0.05) is 12.4 Å². The minimum Gasteiger partial charge on any atom is -0.303 e. The van der Waals surface area contributed by atoms with Gasteiger partial charge in [-0.05, 0) is 12.5 Å². The first-order valence-corrected chi connectivity index (χ1v) is 8.52. The van der Waals surface area contributed by atoms with Crippen molar-refractivity contribution in [2.24, 2.45) is 0 Å². The fourth-order valence-electron chi connectivity index (χ4n) is 3.29. The molecule has 0 unspecified atom stereocenters. The lowest BCUT2D eigenvalue weighted by molar-refractivity contribution is 0.630. The highest BCUT2D eigenvalue weighted by molar-refractivity contribution is 5.79. The van der Waals surface area contributed by atoms with Gasteiger partial charge in [0.25, 0.3) is 0 Å². The molecule has 1 aromatic carbocycles. The molecule has 0 spiro atoms. The normalized spacial score (nSPS) is 12.6. The van der Waals surface area contributed by atoms with Crippen molar-refractivity contribution in [1.29, 1.82) is 0 Å². The van der Waals surface area contributed by atoms with Crippen molar-refractivity contribution >= 4 is 16.7 Å². The zero-order chi connectivity index (χ0) is 18.4. The molecule has 0 saturated heterocycles. The van der Waals surface area contributed by atoms with Gasteiger partial charge in [-0.1, -0.05) is 30.3 Å². The number of nitrogens with one attached hydrogen (secondary N) is 1. The minimum absolute atomic E-state index is 0.166. The summed E-state index contributed by atoms with van der Waals surface area (Å²) in [5.41, 5.74) is 3.54. The van der Waals surface area contributed by atoms with Gasteiger partial charge in [0.05, 0.1) is 35.7 Å². The lowest BCUT2D eigenvalue weighted by atomic mass is 10.1. The Labute approximate surface area is 153 Å². The fraction of sp³-hybridized carbons (Fsp3) is 0.105. The summed E-state index contributed by atoms with van der Waals surface area (Å²) in [5, 5.41) is 4.31. The maximum Gasteiger partial charge on any atom is 0.328 e. The van der Waals surface area contributed by atoms with Crippen LogP contribution in [0.15, 0.2) is 66.1 Å². The van der Waals surface area contributed by atoms with Crippen LogP contribution in [0.2, 0.25) is 0 Å². The zero-order valence-electron chi connectivity index (χ0n) is 14.4. The quantitative estimate of drug-likeness (QED) is 0.535. The third-order valence-corrected chi connectivity index (χ3v) is 4.69. The molecule has 0 bridgehead atoms. The molecule has 0 amide bonds. The summed E-state index contributed by atoms with van der Waals surface area (Å²) in [7, 11) is 0. The van der Waals surface area contributed by atoms with Gasteiger partial charge in [0.15, 0.2) is 11.5 Å². The zero-order valence-corrected chi connectivity index (χ0v) is 14.4. The summed E-state index contributed by atoms with van der Waals surface area (Å²) in [6.45, 7) is 1.98. The average Bonchev–Trinajstić information content (AvgIpc) is 3.28. The third-order valence-electron chi connectivity index (χ3n) is 4.69. The molecule has 5 aromatic rings. The molecule has 0 aliphatic rings. The van der Waals surface area contributed by atoms with Crippen LogP contribution in [0, 0.1) is 0 Å². The Bertz CT molecular complexity index is 1320. The van der Waals surface area contributed by atoms with E-state index in [9.17, 15) is 4.79 Å². The van der Waals surface area contributed by atoms with E-state index < -0.39 is 0 Å². The first-order chi connectivity index (χ1) is 13.2. The molecule has 4 heterocycles. The summed E-state index contributed by atoms with van der Waals surface area (Å²) < 4.78 is 3.37. The van der Waals surface area contributed by atoms with Crippen LogP contribution in [0.5, 0.6) is 0 Å². The molecule has 0 saturated carbocycles. The number of aromatic amines is 1. The van der Waals surface area contributed by atoms with Crippen molar-refractivity contribution in [3.8, 4) is 11.4 Å². The van der Waals surface area contributed by atoms with Crippen LogP contribution >= 0.6 is 0 Å². The molecule has 1 atom stereocenters. The Morgan fingerprint density at radius 1 is 1.11 bits per heavy atom. The van der Waals surface area contributed by atoms with Crippen LogP contribution in [0.25, 0.3) is 28.1 Å². The largest absolute Gasteiger partial charge is 0.328 e. The van der Waals surface area contributed by atoms with Crippen molar-refractivity contribution < 1.29 is 0 Å². The number of hydrogen-bond donors (Lipinski definition) is 1. The number of imidazole rings is 1. The predicted molar refractivity (Wildman–Crippen MR) is 100 cm³/mol. The first kappa shape index (κ1) is 15.4. The van der Waals surface area contributed by atoms with E-state index in [1.54, 1.807) is 40.1 Å². The van der Waals surface area contributed by atoms with E-state index >= 15 is 0 Å². The second-order valence-corrected chi connectivity index (χ2v) is 6.28. The van der Waals surface area contributed by atoms with Gasteiger partial charge in [-0.2, -0.15) is 5.10 Å². The summed E-state index contributed by atoms with van der Waals surface area (Å²) >= 11 is 0. The summed E-state index contributed by atoms with van der Waals surface area (Å²) in [4.78, 5) is 28.6. The summed E-state index contributed by atoms with van der Waals surface area (Å²) in [6, 6.07) is 9.69. The maximum absolute atomic E-state index is 12.6. The lowest BCUT2D eigenvalue weighted by Gasteiger charge is -2.13. The van der Waals surface area contributed by atoms with Gasteiger partial charge < -0.3 is 4.98 Å². The van der Waals surface area contributed by atoms with Crippen LogP contribution in [-0.4, -0.2) is 34.1 Å². The number of fused-ring (bicyclic) bond motifs is 2. The number of aromatic nitrogens is 7. The fourth-order valence-corrected chi connectivity index (χ4v) is 3.29. The van der Waals surface area contributed by atoms with E-state index in [0.29, 0.717) is 17.0 Å². The van der Waals surface area contributed by atoms with Crippen molar-refractivity contribution in [2.75, 3.05) is 0 Å². The topological polar surface area (TPSA) is 93.8 Å². The molecule has 27 heavy (non-hydrogen) atoms. The van der Waals surface area contributed by atoms with Crippen LogP contribution in [0.3, 0.4) is 0 Å². The van der Waals surface area contributed by atoms with Gasteiger partial charge in [0.2, 0.25) is 0 Å². The predicted octanol–water partition coefficient (Wildman–Crippen LogP) is 2.44. The number of rotatable bonds is 3. The Morgan fingerprint density at radius 3 is 2.81 bits per heavy atom. The van der Waals surface area contributed by atoms with Gasteiger partial charge in [-0.3, -0.25) is 9.55 Å². The van der Waals surface area contributed by atoms with Crippen LogP contribution in [-0.2, 0) is 0 Å². The number of benzene rings is 1. The summed E-state index contributed by atoms with van der Waals surface area (Å²) in [6.07, 6.45) is 8.48. The van der Waals surface area contributed by atoms with Gasteiger partial charge in [-0.15, -0.1) is 0 Å². The Morgan fingerprint density at radius 2 is 1.96 bits per heavy atom. The highest BCUT2D eigenvalue weighted by Crippen LogP contribution is 2.24. The molecular weight excluding hydrogens is 342 g/mol. The molecule has 8 nitrogen and oxygen atoms in total. The average molecular weight is 357 g/mol. The second-order valence-electron chi connectivity index (χ2n) is 6.28. The maximum atomic E-state index is 12.6. The van der Waals surface area contributed by atoms with Gasteiger partial charge in [0.1, 0.15) is 5.52 Å². The van der Waals surface area contributed by atoms with Crippen LogP contribution < -0.4 is 5.69 Å². The molecule has 132 valence electrons. The Hall–Kier alpha value is -3.81. The van der Waals surface area contributed by atoms with Crippen LogP contribution in [0.4, 0.5) is 0 Å². The standard InChI is InChI=1S/C19H15N7O/c1-12(13-5-3-2-4-6-13)26-18-15(23-19(26)27)10-21-17(24-18)14-9-22-25-8-7-20-11-16(14)25/h2-12H,1H3,(H,23,27)/t12-/m1/s1. The van der Waals surface area contributed by atoms with Crippen LogP contribution in [0.1, 0.15) is 18.5 Å². The lowest BCUT2D eigenvalue weighted by Crippen LogP contribution is -2.21. The SMILES string of the molecule is C[C@H](c1ccccc1)n1c(=O)[nH]c2cnc(-c3cnn4ccncc34)nc21. The Kier molecular flexibility index (Phi) is 3.36. The molecular formula is C19H15N7O. The number of nitrogens with zero attached hydrogens (tertiary/aromatic N) is 6. The molecule has 0 radical (unpaired) electrons. The highest BCUT2D eigenvalue weighted by atomic mass is 16.1. The molecule has 8 heteroatoms. The number of hydrogen-bond acceptors (Lipinski definition) is 5.